The molecule has 0 heterocycles. The van der Waals surface area contributed by atoms with Gasteiger partial charge in [-0.25, -0.2) is 5.01 Å². The Morgan fingerprint density at radius 1 is 1.43 bits per heavy atom. The highest BCUT2D eigenvalue weighted by molar-refractivity contribution is 4.31. The molecule has 0 saturated carbocycles. The predicted octanol–water partition coefficient (Wildman–Crippen LogP) is 0.477. The Kier molecular flexibility index (Phi) is 4.04. The van der Waals surface area contributed by atoms with Gasteiger partial charge < -0.3 is 0 Å². The van der Waals surface area contributed by atoms with E-state index in [0.29, 0.717) is 0 Å². The molecular weight excluding hydrogens is 88.1 g/mol. The van der Waals surface area contributed by atoms with Crippen LogP contribution in [0.2, 0.25) is 0 Å². The molecule has 0 aliphatic rings. The van der Waals surface area contributed by atoms with Crippen LogP contribution in [-0.4, -0.2) is 25.6 Å². The second-order valence-corrected chi connectivity index (χ2v) is 1.71. The summed E-state index contributed by atoms with van der Waals surface area (Å²) in [6.45, 7) is 3.07. The van der Waals surface area contributed by atoms with Gasteiger partial charge in [-0.2, -0.15) is 5.43 Å². The monoisotopic (exact) mass is 101 g/mol. The highest BCUT2D eigenvalue weighted by Crippen LogP contribution is 1.72. The van der Waals surface area contributed by atoms with Gasteiger partial charge in [0.05, 0.1) is 0 Å². The fraction of sp³-hybridized carbons (Fsp3) is 1.00. The first-order chi connectivity index (χ1) is 3.27. The Bertz CT molecular complexity index is 35.1. The summed E-state index contributed by atoms with van der Waals surface area (Å²) < 4.78 is 0. The van der Waals surface area contributed by atoms with Gasteiger partial charge >= 0.3 is 0 Å². The van der Waals surface area contributed by atoms with Crippen molar-refractivity contribution in [1.82, 2.24) is 10.4 Å². The van der Waals surface area contributed by atoms with Crippen LogP contribution in [-0.2, 0) is 0 Å². The van der Waals surface area contributed by atoms with E-state index in [4.69, 9.17) is 0 Å². The molecule has 0 aromatic rings. The Morgan fingerprint density at radius 3 is 2.14 bits per heavy atom. The lowest BCUT2D eigenvalue weighted by atomic mass is 10.5. The van der Waals surface area contributed by atoms with Crippen LogP contribution in [0, 0.1) is 0 Å². The molecule has 0 bridgehead atoms. The van der Waals surface area contributed by atoms with Gasteiger partial charge in [0.1, 0.15) is 0 Å². The summed E-state index contributed by atoms with van der Waals surface area (Å²) in [5.41, 5.74) is 4.08. The van der Waals surface area contributed by atoms with Crippen LogP contribution in [0.15, 0.2) is 0 Å². The fourth-order valence-electron chi connectivity index (χ4n) is 0.300. The van der Waals surface area contributed by atoms with Gasteiger partial charge in [0.15, 0.2) is 0 Å². The minimum absolute atomic E-state index is 0.951. The van der Waals surface area contributed by atoms with E-state index in [9.17, 15) is 0 Å². The third kappa shape index (κ3) is 5.92. The lowest BCUT2D eigenvalue weighted by Gasteiger charge is -2.05. The van der Waals surface area contributed by atoms with Gasteiger partial charge in [-0.3, -0.25) is 0 Å². The van der Waals surface area contributed by atoms with Crippen molar-refractivity contribution in [2.75, 3.05) is 20.6 Å². The van der Waals surface area contributed by atoms with Crippen LogP contribution < -0.4 is 5.43 Å². The van der Waals surface area contributed by atoms with Crippen LogP contribution in [0.4, 0.5) is 0 Å². The summed E-state index contributed by atoms with van der Waals surface area (Å²) in [7, 11) is 3.88. The van der Waals surface area contributed by atoms with Crippen molar-refractivity contribution in [2.24, 2.45) is 0 Å². The SMILES string of the molecule is CCC[N]N(C)C. The number of hydrogen-bond donors (Lipinski definition) is 0. The van der Waals surface area contributed by atoms with Crippen LogP contribution in [0.3, 0.4) is 0 Å². The number of rotatable bonds is 3. The molecule has 2 heteroatoms. The minimum Gasteiger partial charge on any atom is -0.233 e. The van der Waals surface area contributed by atoms with Gasteiger partial charge in [-0.1, -0.05) is 6.92 Å². The highest BCUT2D eigenvalue weighted by atomic mass is 15.5. The summed E-state index contributed by atoms with van der Waals surface area (Å²) in [4.78, 5) is 0. The zero-order chi connectivity index (χ0) is 5.70. The van der Waals surface area contributed by atoms with E-state index >= 15 is 0 Å². The molecule has 0 aliphatic heterocycles. The van der Waals surface area contributed by atoms with Crippen molar-refractivity contribution >= 4 is 0 Å². The standard InChI is InChI=1S/C5H13N2/c1-4-5-6-7(2)3/h4-5H2,1-3H3. The average Bonchev–Trinajstić information content (AvgIpc) is 1.61. The molecule has 0 amide bonds. The Hall–Kier alpha value is -0.0800. The van der Waals surface area contributed by atoms with Gasteiger partial charge in [0, 0.05) is 20.6 Å². The van der Waals surface area contributed by atoms with E-state index in [1.165, 1.54) is 0 Å². The van der Waals surface area contributed by atoms with E-state index in [2.05, 4.69) is 12.3 Å². The molecule has 0 spiro atoms. The van der Waals surface area contributed by atoms with Crippen molar-refractivity contribution < 1.29 is 0 Å². The van der Waals surface area contributed by atoms with Crippen LogP contribution in [0.1, 0.15) is 13.3 Å². The van der Waals surface area contributed by atoms with Gasteiger partial charge in [0.25, 0.3) is 0 Å². The first-order valence-corrected chi connectivity index (χ1v) is 2.62. The molecule has 0 unspecified atom stereocenters. The van der Waals surface area contributed by atoms with E-state index in [-0.39, 0.29) is 0 Å². The molecule has 2 nitrogen and oxygen atoms in total. The zero-order valence-electron chi connectivity index (χ0n) is 5.31. The molecule has 0 saturated heterocycles. The van der Waals surface area contributed by atoms with E-state index in [1.54, 1.807) is 0 Å². The molecule has 0 aromatic carbocycles. The van der Waals surface area contributed by atoms with Crippen LogP contribution >= 0.6 is 0 Å². The van der Waals surface area contributed by atoms with Gasteiger partial charge in [0.2, 0.25) is 0 Å². The first-order valence-electron chi connectivity index (χ1n) is 2.62. The summed E-state index contributed by atoms with van der Waals surface area (Å²) in [5, 5.41) is 1.84. The minimum atomic E-state index is 0.951. The molecule has 0 aliphatic carbocycles. The van der Waals surface area contributed by atoms with E-state index < -0.39 is 0 Å². The lowest BCUT2D eigenvalue weighted by molar-refractivity contribution is 0.280. The third-order valence-corrected chi connectivity index (χ3v) is 0.606. The summed E-state index contributed by atoms with van der Waals surface area (Å²) in [6, 6.07) is 0. The van der Waals surface area contributed by atoms with E-state index in [0.717, 1.165) is 13.0 Å². The summed E-state index contributed by atoms with van der Waals surface area (Å²) >= 11 is 0. The molecule has 0 rings (SSSR count). The summed E-state index contributed by atoms with van der Waals surface area (Å²) in [6.07, 6.45) is 1.14. The molecule has 1 radical (unpaired) electrons. The van der Waals surface area contributed by atoms with Crippen molar-refractivity contribution in [2.45, 2.75) is 13.3 Å². The molecule has 0 atom stereocenters. The predicted molar refractivity (Wildman–Crippen MR) is 31.0 cm³/mol. The Balaban J connectivity index is 2.68. The molecule has 0 aromatic heterocycles. The van der Waals surface area contributed by atoms with Crippen LogP contribution in [0.25, 0.3) is 0 Å². The molecule has 7 heavy (non-hydrogen) atoms. The molecule has 43 valence electrons. The lowest BCUT2D eigenvalue weighted by Crippen LogP contribution is -2.23. The number of hydrogen-bond acceptors (Lipinski definition) is 1. The largest absolute Gasteiger partial charge is 0.233 e. The molecule has 0 N–H and O–H groups in total. The van der Waals surface area contributed by atoms with Crippen molar-refractivity contribution in [3.8, 4) is 0 Å². The first kappa shape index (κ1) is 6.92. The smallest absolute Gasteiger partial charge is 0.0304 e. The number of nitrogens with zero attached hydrogens (tertiary/aromatic N) is 2. The second-order valence-electron chi connectivity index (χ2n) is 1.71. The zero-order valence-corrected chi connectivity index (χ0v) is 5.31. The van der Waals surface area contributed by atoms with Gasteiger partial charge in [-0.15, -0.1) is 0 Å². The second kappa shape index (κ2) is 4.09. The van der Waals surface area contributed by atoms with Gasteiger partial charge in [-0.05, 0) is 6.42 Å². The maximum Gasteiger partial charge on any atom is 0.0304 e. The maximum atomic E-state index is 4.08. The van der Waals surface area contributed by atoms with Crippen molar-refractivity contribution in [3.05, 3.63) is 0 Å². The van der Waals surface area contributed by atoms with Crippen molar-refractivity contribution in [3.63, 3.8) is 0 Å². The van der Waals surface area contributed by atoms with Crippen molar-refractivity contribution in [1.29, 1.82) is 0 Å². The Labute approximate surface area is 45.5 Å². The molecule has 0 fully saturated rings. The average molecular weight is 101 g/mol. The topological polar surface area (TPSA) is 17.3 Å². The molecular formula is C5H13N2. The van der Waals surface area contributed by atoms with Crippen LogP contribution in [0.5, 0.6) is 0 Å². The fourth-order valence-corrected chi connectivity index (χ4v) is 0.300. The highest BCUT2D eigenvalue weighted by Gasteiger charge is 1.83. The third-order valence-electron chi connectivity index (χ3n) is 0.606. The van der Waals surface area contributed by atoms with E-state index in [1.807, 2.05) is 19.1 Å². The Morgan fingerprint density at radius 2 is 2.00 bits per heavy atom. The quantitative estimate of drug-likeness (QED) is 0.472. The maximum absolute atomic E-state index is 4.08. The normalized spacial score (nSPS) is 10.3. The summed E-state index contributed by atoms with van der Waals surface area (Å²) in [5.74, 6) is 0.